The van der Waals surface area contributed by atoms with Crippen molar-refractivity contribution in [3.8, 4) is 17.6 Å². The third kappa shape index (κ3) is 4.74. The first-order valence-corrected chi connectivity index (χ1v) is 11.4. The zero-order valence-electron chi connectivity index (χ0n) is 19.1. The van der Waals surface area contributed by atoms with E-state index in [9.17, 15) is 14.7 Å². The zero-order valence-corrected chi connectivity index (χ0v) is 19.1. The van der Waals surface area contributed by atoms with Crippen LogP contribution in [0.4, 0.5) is 10.5 Å². The number of nitrogens with two attached hydrogens (primary N) is 1. The maximum atomic E-state index is 11.4. The van der Waals surface area contributed by atoms with E-state index in [1.807, 2.05) is 18.2 Å². The summed E-state index contributed by atoms with van der Waals surface area (Å²) < 4.78 is 5.12. The van der Waals surface area contributed by atoms with Gasteiger partial charge in [-0.25, -0.2) is 4.79 Å². The van der Waals surface area contributed by atoms with Crippen LogP contribution in [-0.2, 0) is 23.1 Å². The minimum absolute atomic E-state index is 0.0970. The van der Waals surface area contributed by atoms with Crippen LogP contribution in [0.25, 0.3) is 0 Å². The van der Waals surface area contributed by atoms with Crippen LogP contribution < -0.4 is 15.8 Å². The van der Waals surface area contributed by atoms with E-state index in [0.29, 0.717) is 18.6 Å². The van der Waals surface area contributed by atoms with Crippen molar-refractivity contribution in [3.63, 3.8) is 0 Å². The van der Waals surface area contributed by atoms with Crippen LogP contribution in [0.15, 0.2) is 42.5 Å². The molecule has 0 spiro atoms. The zero-order chi connectivity index (χ0) is 23.6. The average molecular weight is 447 g/mol. The van der Waals surface area contributed by atoms with E-state index in [2.05, 4.69) is 35.4 Å². The predicted octanol–water partition coefficient (Wildman–Crippen LogP) is 4.08. The molecule has 172 valence electrons. The van der Waals surface area contributed by atoms with Gasteiger partial charge in [0.25, 0.3) is 0 Å². The van der Waals surface area contributed by atoms with E-state index in [1.165, 1.54) is 18.1 Å². The van der Waals surface area contributed by atoms with E-state index in [4.69, 9.17) is 10.5 Å². The van der Waals surface area contributed by atoms with Crippen LogP contribution >= 0.6 is 0 Å². The number of fused-ring (bicyclic) bond motifs is 3. The SMILES string of the molecule is CC#CC1(O)CC[C@@]2(Cc3ccc(NC(C)=O)cc3)c3ccc(OC(N)=O)cc3CC[C@@H]2C1. The van der Waals surface area contributed by atoms with Crippen molar-refractivity contribution >= 4 is 17.7 Å². The van der Waals surface area contributed by atoms with E-state index < -0.39 is 11.7 Å². The third-order valence-corrected chi connectivity index (χ3v) is 7.10. The highest BCUT2D eigenvalue weighted by atomic mass is 16.5. The minimum Gasteiger partial charge on any atom is -0.410 e. The number of hydrogen-bond acceptors (Lipinski definition) is 4. The average Bonchev–Trinajstić information content (AvgIpc) is 2.75. The molecule has 3 atom stereocenters. The fourth-order valence-electron chi connectivity index (χ4n) is 5.79. The number of hydrogen-bond donors (Lipinski definition) is 3. The summed E-state index contributed by atoms with van der Waals surface area (Å²) in [6, 6.07) is 13.8. The van der Waals surface area contributed by atoms with Gasteiger partial charge in [-0.3, -0.25) is 4.79 Å². The number of anilines is 1. The lowest BCUT2D eigenvalue weighted by atomic mass is 9.52. The largest absolute Gasteiger partial charge is 0.410 e. The molecule has 1 saturated carbocycles. The Bertz CT molecular complexity index is 1130. The molecule has 4 N–H and O–H groups in total. The van der Waals surface area contributed by atoms with Crippen molar-refractivity contribution in [2.45, 2.75) is 63.4 Å². The number of amides is 2. The first kappa shape index (κ1) is 22.9. The molecule has 2 aliphatic rings. The Morgan fingerprint density at radius 3 is 2.64 bits per heavy atom. The number of rotatable bonds is 4. The molecule has 0 saturated heterocycles. The highest BCUT2D eigenvalue weighted by molar-refractivity contribution is 5.88. The number of nitrogens with one attached hydrogen (secondary N) is 1. The van der Waals surface area contributed by atoms with Crippen LogP contribution in [0.1, 0.15) is 56.2 Å². The molecule has 0 aliphatic heterocycles. The number of ether oxygens (including phenoxy) is 1. The van der Waals surface area contributed by atoms with Crippen LogP contribution in [0.3, 0.4) is 0 Å². The minimum atomic E-state index is -0.954. The Morgan fingerprint density at radius 2 is 1.97 bits per heavy atom. The Hall–Kier alpha value is -3.30. The number of aliphatic hydroxyl groups is 1. The molecule has 33 heavy (non-hydrogen) atoms. The molecular weight excluding hydrogens is 416 g/mol. The van der Waals surface area contributed by atoms with Gasteiger partial charge in [0.15, 0.2) is 0 Å². The fourth-order valence-corrected chi connectivity index (χ4v) is 5.79. The summed E-state index contributed by atoms with van der Waals surface area (Å²) in [5, 5.41) is 13.9. The van der Waals surface area contributed by atoms with Crippen molar-refractivity contribution in [1.29, 1.82) is 0 Å². The third-order valence-electron chi connectivity index (χ3n) is 7.10. The van der Waals surface area contributed by atoms with E-state index in [0.717, 1.165) is 36.9 Å². The molecule has 1 fully saturated rings. The van der Waals surface area contributed by atoms with Gasteiger partial charge in [0.05, 0.1) is 0 Å². The standard InChI is InChI=1S/C27H30N2O4/c1-3-12-26(32)13-14-27(16-19-4-8-22(9-5-19)29-18(2)30)21(17-26)7-6-20-15-23(33-25(28)31)10-11-24(20)27/h4-5,8-11,15,21,32H,6-7,13-14,16-17H2,1-2H3,(H2,28,31)(H,29,30)/t21-,26?,27+/m1/s1. The van der Waals surface area contributed by atoms with Gasteiger partial charge >= 0.3 is 6.09 Å². The van der Waals surface area contributed by atoms with Crippen LogP contribution in [0.5, 0.6) is 5.75 Å². The highest BCUT2D eigenvalue weighted by Gasteiger charge is 2.51. The molecule has 0 radical (unpaired) electrons. The van der Waals surface area contributed by atoms with Gasteiger partial charge < -0.3 is 20.9 Å². The number of benzene rings is 2. The lowest BCUT2D eigenvalue weighted by Crippen LogP contribution is -2.50. The second kappa shape index (κ2) is 8.92. The number of aryl methyl sites for hydroxylation is 1. The lowest BCUT2D eigenvalue weighted by Gasteiger charge is -2.52. The van der Waals surface area contributed by atoms with Gasteiger partial charge in [0, 0.05) is 18.0 Å². The fraction of sp³-hybridized carbons (Fsp3) is 0.407. The Balaban J connectivity index is 1.72. The Labute approximate surface area is 194 Å². The van der Waals surface area contributed by atoms with E-state index in [-0.39, 0.29) is 17.2 Å². The van der Waals surface area contributed by atoms with Crippen molar-refractivity contribution < 1.29 is 19.4 Å². The maximum absolute atomic E-state index is 11.4. The van der Waals surface area contributed by atoms with Crippen molar-refractivity contribution in [2.24, 2.45) is 11.7 Å². The van der Waals surface area contributed by atoms with Crippen molar-refractivity contribution in [3.05, 3.63) is 59.2 Å². The van der Waals surface area contributed by atoms with Crippen LogP contribution in [0, 0.1) is 17.8 Å². The summed E-state index contributed by atoms with van der Waals surface area (Å²) in [6.07, 6.45) is 3.80. The second-order valence-corrected chi connectivity index (χ2v) is 9.30. The summed E-state index contributed by atoms with van der Waals surface area (Å²) in [5.41, 5.74) is 8.44. The quantitative estimate of drug-likeness (QED) is 0.616. The summed E-state index contributed by atoms with van der Waals surface area (Å²) in [7, 11) is 0. The second-order valence-electron chi connectivity index (χ2n) is 9.30. The normalized spacial score (nSPS) is 25.6. The monoisotopic (exact) mass is 446 g/mol. The van der Waals surface area contributed by atoms with E-state index in [1.54, 1.807) is 13.0 Å². The summed E-state index contributed by atoms with van der Waals surface area (Å²) in [4.78, 5) is 22.6. The highest BCUT2D eigenvalue weighted by Crippen LogP contribution is 2.54. The molecule has 2 aromatic carbocycles. The number of primary amides is 1. The molecule has 1 unspecified atom stereocenters. The van der Waals surface area contributed by atoms with Gasteiger partial charge in [-0.15, -0.1) is 5.92 Å². The van der Waals surface area contributed by atoms with Gasteiger partial charge in [-0.05, 0) is 92.3 Å². The number of carbonyl (C=O) groups excluding carboxylic acids is 2. The van der Waals surface area contributed by atoms with Gasteiger partial charge in [-0.1, -0.05) is 24.1 Å². The van der Waals surface area contributed by atoms with Crippen molar-refractivity contribution in [2.75, 3.05) is 5.32 Å². The van der Waals surface area contributed by atoms with Crippen molar-refractivity contribution in [1.82, 2.24) is 0 Å². The molecule has 2 amide bonds. The maximum Gasteiger partial charge on any atom is 0.409 e. The molecule has 6 nitrogen and oxygen atoms in total. The smallest absolute Gasteiger partial charge is 0.409 e. The predicted molar refractivity (Wildman–Crippen MR) is 127 cm³/mol. The Kier molecular flexibility index (Phi) is 6.18. The molecular formula is C27H30N2O4. The molecule has 2 aliphatic carbocycles. The topological polar surface area (TPSA) is 102 Å². The van der Waals surface area contributed by atoms with Gasteiger partial charge in [0.1, 0.15) is 11.4 Å². The molecule has 0 aromatic heterocycles. The van der Waals surface area contributed by atoms with Crippen LogP contribution in [-0.4, -0.2) is 22.7 Å². The lowest BCUT2D eigenvalue weighted by molar-refractivity contribution is -0.114. The molecule has 2 aromatic rings. The number of carbonyl (C=O) groups is 2. The molecule has 0 bridgehead atoms. The molecule has 4 rings (SSSR count). The first-order valence-electron chi connectivity index (χ1n) is 11.4. The van der Waals surface area contributed by atoms with Crippen LogP contribution in [0.2, 0.25) is 0 Å². The summed E-state index contributed by atoms with van der Waals surface area (Å²) in [6.45, 7) is 3.27. The molecule has 6 heteroatoms. The van der Waals surface area contributed by atoms with Gasteiger partial charge in [-0.2, -0.15) is 0 Å². The van der Waals surface area contributed by atoms with E-state index >= 15 is 0 Å². The summed E-state index contributed by atoms with van der Waals surface area (Å²) >= 11 is 0. The summed E-state index contributed by atoms with van der Waals surface area (Å²) in [5.74, 6) is 6.58. The van der Waals surface area contributed by atoms with Gasteiger partial charge in [0.2, 0.25) is 5.91 Å². The molecule has 0 heterocycles. The Morgan fingerprint density at radius 1 is 1.21 bits per heavy atom. The first-order chi connectivity index (χ1) is 15.7.